The molecular formula is C13H18N2O5. The van der Waals surface area contributed by atoms with E-state index in [4.69, 9.17) is 15.2 Å². The summed E-state index contributed by atoms with van der Waals surface area (Å²) in [5.74, 6) is -0.668. The Morgan fingerprint density at radius 2 is 2.05 bits per heavy atom. The van der Waals surface area contributed by atoms with Gasteiger partial charge in [-0.3, -0.25) is 4.79 Å². The Hall–Kier alpha value is -2.28. The number of amides is 1. The first-order valence-electron chi connectivity index (χ1n) is 5.94. The molecule has 3 N–H and O–H groups in total. The van der Waals surface area contributed by atoms with Crippen LogP contribution in [0.25, 0.3) is 0 Å². The van der Waals surface area contributed by atoms with Crippen LogP contribution in [0.5, 0.6) is 5.75 Å². The first kappa shape index (κ1) is 15.8. The normalized spacial score (nSPS) is 9.90. The fourth-order valence-electron chi connectivity index (χ4n) is 1.42. The molecule has 0 unspecified atom stereocenters. The Labute approximate surface area is 117 Å². The summed E-state index contributed by atoms with van der Waals surface area (Å²) < 4.78 is 14.7. The summed E-state index contributed by atoms with van der Waals surface area (Å²) in [5, 5.41) is 2.59. The van der Waals surface area contributed by atoms with Crippen molar-refractivity contribution in [2.75, 3.05) is 39.7 Å². The number of hydrogen-bond acceptors (Lipinski definition) is 6. The van der Waals surface area contributed by atoms with Gasteiger partial charge in [-0.15, -0.1) is 0 Å². The second-order valence-corrected chi connectivity index (χ2v) is 3.88. The first-order valence-corrected chi connectivity index (χ1v) is 5.94. The lowest BCUT2D eigenvalue weighted by Gasteiger charge is -2.11. The van der Waals surface area contributed by atoms with Crippen molar-refractivity contribution in [1.82, 2.24) is 5.32 Å². The molecule has 0 fully saturated rings. The van der Waals surface area contributed by atoms with Crippen LogP contribution in [0.15, 0.2) is 18.2 Å². The van der Waals surface area contributed by atoms with Crippen LogP contribution in [-0.4, -0.2) is 45.9 Å². The predicted molar refractivity (Wildman–Crippen MR) is 72.6 cm³/mol. The summed E-state index contributed by atoms with van der Waals surface area (Å²) in [4.78, 5) is 23.0. The van der Waals surface area contributed by atoms with E-state index in [1.807, 2.05) is 0 Å². The van der Waals surface area contributed by atoms with E-state index in [9.17, 15) is 9.59 Å². The minimum atomic E-state index is -0.556. The van der Waals surface area contributed by atoms with E-state index in [1.165, 1.54) is 26.4 Å². The molecule has 1 rings (SSSR count). The number of nitrogens with two attached hydrogens (primary N) is 1. The number of carbonyl (C=O) groups excluding carboxylic acids is 2. The van der Waals surface area contributed by atoms with Crippen molar-refractivity contribution in [2.24, 2.45) is 0 Å². The highest BCUT2D eigenvalue weighted by molar-refractivity contribution is 5.93. The highest BCUT2D eigenvalue weighted by Gasteiger charge is 2.14. The maximum absolute atomic E-state index is 11.5. The van der Waals surface area contributed by atoms with Crippen molar-refractivity contribution in [1.29, 1.82) is 0 Å². The Kier molecular flexibility index (Phi) is 6.31. The second kappa shape index (κ2) is 8.00. The van der Waals surface area contributed by atoms with E-state index in [1.54, 1.807) is 6.07 Å². The number of anilines is 1. The van der Waals surface area contributed by atoms with Crippen molar-refractivity contribution in [2.45, 2.75) is 0 Å². The van der Waals surface area contributed by atoms with Crippen LogP contribution in [0, 0.1) is 0 Å². The lowest BCUT2D eigenvalue weighted by molar-refractivity contribution is -0.123. The number of nitrogen functional groups attached to an aromatic ring is 1. The molecule has 0 heterocycles. The Morgan fingerprint density at radius 1 is 1.30 bits per heavy atom. The number of nitrogens with one attached hydrogen (secondary N) is 1. The van der Waals surface area contributed by atoms with Gasteiger partial charge in [0.05, 0.1) is 13.7 Å². The lowest BCUT2D eigenvalue weighted by atomic mass is 10.2. The summed E-state index contributed by atoms with van der Waals surface area (Å²) >= 11 is 0. The van der Waals surface area contributed by atoms with E-state index in [0.717, 1.165) is 0 Å². The second-order valence-electron chi connectivity index (χ2n) is 3.88. The molecule has 0 aliphatic carbocycles. The molecule has 0 aliphatic heterocycles. The maximum atomic E-state index is 11.5. The Balaban J connectivity index is 2.64. The van der Waals surface area contributed by atoms with Gasteiger partial charge in [0.15, 0.2) is 6.61 Å². The van der Waals surface area contributed by atoms with Gasteiger partial charge < -0.3 is 25.3 Å². The number of carbonyl (C=O) groups is 2. The fourth-order valence-corrected chi connectivity index (χ4v) is 1.42. The smallest absolute Gasteiger partial charge is 0.341 e. The molecule has 0 spiro atoms. The first-order chi connectivity index (χ1) is 9.58. The predicted octanol–water partition coefficient (Wildman–Crippen LogP) is 0.197. The van der Waals surface area contributed by atoms with E-state index in [-0.39, 0.29) is 23.8 Å². The summed E-state index contributed by atoms with van der Waals surface area (Å²) in [6.07, 6.45) is 0. The number of rotatable bonds is 7. The molecule has 1 amide bonds. The summed E-state index contributed by atoms with van der Waals surface area (Å²) in [5.41, 5.74) is 6.26. The minimum absolute atomic E-state index is 0.207. The number of methoxy groups -OCH3 is 2. The van der Waals surface area contributed by atoms with Crippen LogP contribution >= 0.6 is 0 Å². The van der Waals surface area contributed by atoms with Gasteiger partial charge in [0.1, 0.15) is 11.3 Å². The maximum Gasteiger partial charge on any atom is 0.341 e. The molecule has 0 saturated heterocycles. The van der Waals surface area contributed by atoms with Crippen LogP contribution in [-0.2, 0) is 14.3 Å². The molecule has 0 aliphatic rings. The SMILES string of the molecule is COCCNC(=O)COc1cc(N)ccc1C(=O)OC. The van der Waals surface area contributed by atoms with Gasteiger partial charge in [-0.05, 0) is 12.1 Å². The summed E-state index contributed by atoms with van der Waals surface area (Å²) in [6, 6.07) is 4.51. The third-order valence-electron chi connectivity index (χ3n) is 2.40. The zero-order valence-electron chi connectivity index (χ0n) is 11.5. The van der Waals surface area contributed by atoms with Gasteiger partial charge in [-0.25, -0.2) is 4.79 Å². The van der Waals surface area contributed by atoms with Gasteiger partial charge >= 0.3 is 5.97 Å². The molecule has 7 heteroatoms. The zero-order chi connectivity index (χ0) is 15.0. The third kappa shape index (κ3) is 4.77. The number of ether oxygens (including phenoxy) is 3. The molecule has 0 bridgehead atoms. The lowest BCUT2D eigenvalue weighted by Crippen LogP contribution is -2.31. The van der Waals surface area contributed by atoms with Crippen molar-refractivity contribution < 1.29 is 23.8 Å². The van der Waals surface area contributed by atoms with E-state index < -0.39 is 5.97 Å². The highest BCUT2D eigenvalue weighted by atomic mass is 16.5. The van der Waals surface area contributed by atoms with Gasteiger partial charge in [0.2, 0.25) is 0 Å². The summed E-state index contributed by atoms with van der Waals surface area (Å²) in [6.45, 7) is 0.577. The Morgan fingerprint density at radius 3 is 2.70 bits per heavy atom. The van der Waals surface area contributed by atoms with Gasteiger partial charge in [0.25, 0.3) is 5.91 Å². The number of esters is 1. The van der Waals surface area contributed by atoms with E-state index in [0.29, 0.717) is 18.8 Å². The average molecular weight is 282 g/mol. The molecule has 0 aromatic heterocycles. The molecule has 1 aromatic carbocycles. The number of benzene rings is 1. The van der Waals surface area contributed by atoms with Crippen LogP contribution in [0.4, 0.5) is 5.69 Å². The standard InChI is InChI=1S/C13H18N2O5/c1-18-6-5-15-12(16)8-20-11-7-9(14)3-4-10(11)13(17)19-2/h3-4,7H,5-6,8,14H2,1-2H3,(H,15,16). The largest absolute Gasteiger partial charge is 0.483 e. The molecule has 110 valence electrons. The molecule has 0 radical (unpaired) electrons. The van der Waals surface area contributed by atoms with Crippen LogP contribution in [0.2, 0.25) is 0 Å². The fraction of sp³-hybridized carbons (Fsp3) is 0.385. The minimum Gasteiger partial charge on any atom is -0.483 e. The molecule has 20 heavy (non-hydrogen) atoms. The van der Waals surface area contributed by atoms with Crippen molar-refractivity contribution >= 4 is 17.6 Å². The van der Waals surface area contributed by atoms with E-state index >= 15 is 0 Å². The molecule has 1 aromatic rings. The van der Waals surface area contributed by atoms with Crippen molar-refractivity contribution in [3.63, 3.8) is 0 Å². The van der Waals surface area contributed by atoms with Gasteiger partial charge in [0, 0.05) is 25.4 Å². The average Bonchev–Trinajstić information content (AvgIpc) is 2.44. The van der Waals surface area contributed by atoms with Crippen LogP contribution in [0.1, 0.15) is 10.4 Å². The van der Waals surface area contributed by atoms with Crippen LogP contribution in [0.3, 0.4) is 0 Å². The molecular weight excluding hydrogens is 264 g/mol. The Bertz CT molecular complexity index is 476. The number of hydrogen-bond donors (Lipinski definition) is 2. The third-order valence-corrected chi connectivity index (χ3v) is 2.40. The zero-order valence-corrected chi connectivity index (χ0v) is 11.5. The molecule has 0 saturated carbocycles. The molecule has 7 nitrogen and oxygen atoms in total. The van der Waals surface area contributed by atoms with Gasteiger partial charge in [-0.2, -0.15) is 0 Å². The quantitative estimate of drug-likeness (QED) is 0.421. The van der Waals surface area contributed by atoms with Crippen LogP contribution < -0.4 is 15.8 Å². The van der Waals surface area contributed by atoms with Crippen molar-refractivity contribution in [3.8, 4) is 5.75 Å². The monoisotopic (exact) mass is 282 g/mol. The molecule has 0 atom stereocenters. The van der Waals surface area contributed by atoms with Gasteiger partial charge in [-0.1, -0.05) is 0 Å². The topological polar surface area (TPSA) is 99.9 Å². The van der Waals surface area contributed by atoms with Crippen molar-refractivity contribution in [3.05, 3.63) is 23.8 Å². The van der Waals surface area contributed by atoms with E-state index in [2.05, 4.69) is 10.1 Å². The summed E-state index contributed by atoms with van der Waals surface area (Å²) in [7, 11) is 2.80. The highest BCUT2D eigenvalue weighted by Crippen LogP contribution is 2.22.